The first kappa shape index (κ1) is 9.77. The van der Waals surface area contributed by atoms with Crippen LogP contribution < -0.4 is 16.4 Å². The Morgan fingerprint density at radius 3 is 2.50 bits per heavy atom. The van der Waals surface area contributed by atoms with E-state index in [4.69, 9.17) is 5.73 Å². The van der Waals surface area contributed by atoms with Gasteiger partial charge in [-0.2, -0.15) is 0 Å². The van der Waals surface area contributed by atoms with Crippen molar-refractivity contribution in [1.82, 2.24) is 10.6 Å². The summed E-state index contributed by atoms with van der Waals surface area (Å²) in [4.78, 5) is 11.2. The van der Waals surface area contributed by atoms with Crippen LogP contribution in [0.25, 0.3) is 0 Å². The Bertz CT molecular complexity index is 183. The lowest BCUT2D eigenvalue weighted by atomic mass is 10.1. The van der Waals surface area contributed by atoms with Crippen molar-refractivity contribution in [3.63, 3.8) is 0 Å². The van der Waals surface area contributed by atoms with Crippen LogP contribution >= 0.6 is 12.4 Å². The fourth-order valence-electron chi connectivity index (χ4n) is 1.18. The first-order valence-electron chi connectivity index (χ1n) is 4.07. The Hall–Kier alpha value is -0.320. The molecule has 1 aliphatic heterocycles. The molecule has 1 saturated heterocycles. The summed E-state index contributed by atoms with van der Waals surface area (Å²) in [6, 6.07) is 0.520. The molecule has 0 aromatic heterocycles. The second-order valence-corrected chi connectivity index (χ2v) is 3.31. The Morgan fingerprint density at radius 2 is 2.17 bits per heavy atom. The summed E-state index contributed by atoms with van der Waals surface area (Å²) in [6.07, 6.45) is 1.91. The molecule has 1 heterocycles. The highest BCUT2D eigenvalue weighted by atomic mass is 35.5. The second kappa shape index (κ2) is 3.60. The minimum atomic E-state index is 0. The van der Waals surface area contributed by atoms with E-state index in [2.05, 4.69) is 10.6 Å². The molecule has 0 aromatic rings. The number of carbonyl (C=O) groups is 1. The molecular formula is C7H14ClN3O. The summed E-state index contributed by atoms with van der Waals surface area (Å²) in [5, 5.41) is 5.92. The fourth-order valence-corrected chi connectivity index (χ4v) is 1.18. The van der Waals surface area contributed by atoms with Gasteiger partial charge in [0.05, 0.1) is 6.04 Å². The van der Waals surface area contributed by atoms with Crippen LogP contribution in [0.15, 0.2) is 0 Å². The Kier molecular flexibility index (Phi) is 2.93. The summed E-state index contributed by atoms with van der Waals surface area (Å²) >= 11 is 0. The van der Waals surface area contributed by atoms with Crippen LogP contribution in [0.3, 0.4) is 0 Å². The van der Waals surface area contributed by atoms with Crippen LogP contribution in [0.4, 0.5) is 0 Å². The third-order valence-corrected chi connectivity index (χ3v) is 2.31. The van der Waals surface area contributed by atoms with E-state index in [1.54, 1.807) is 0 Å². The third kappa shape index (κ3) is 1.88. The van der Waals surface area contributed by atoms with Crippen molar-refractivity contribution >= 4 is 18.3 Å². The molecule has 4 nitrogen and oxygen atoms in total. The minimum absolute atomic E-state index is 0. The molecule has 12 heavy (non-hydrogen) atoms. The van der Waals surface area contributed by atoms with Gasteiger partial charge in [-0.25, -0.2) is 0 Å². The molecule has 70 valence electrons. The second-order valence-electron chi connectivity index (χ2n) is 3.31. The Balaban J connectivity index is 0.000000720. The first-order chi connectivity index (χ1) is 5.27. The van der Waals surface area contributed by atoms with Crippen molar-refractivity contribution in [2.75, 3.05) is 6.54 Å². The summed E-state index contributed by atoms with van der Waals surface area (Å²) in [5.41, 5.74) is 5.54. The molecule has 4 N–H and O–H groups in total. The van der Waals surface area contributed by atoms with E-state index in [1.807, 2.05) is 0 Å². The number of carbonyl (C=O) groups excluding carboxylic acids is 1. The molecule has 3 atom stereocenters. The minimum Gasteiger partial charge on any atom is -0.350 e. The van der Waals surface area contributed by atoms with E-state index in [9.17, 15) is 4.79 Å². The summed E-state index contributed by atoms with van der Waals surface area (Å²) in [6.45, 7) is 0.967. The lowest BCUT2D eigenvalue weighted by Crippen LogP contribution is -2.54. The van der Waals surface area contributed by atoms with Crippen molar-refractivity contribution < 1.29 is 4.79 Å². The van der Waals surface area contributed by atoms with Gasteiger partial charge in [0.1, 0.15) is 0 Å². The lowest BCUT2D eigenvalue weighted by Gasteiger charge is -2.26. The maximum Gasteiger partial charge on any atom is 0.237 e. The van der Waals surface area contributed by atoms with Crippen LogP contribution in [0, 0.1) is 0 Å². The van der Waals surface area contributed by atoms with Crippen molar-refractivity contribution in [3.05, 3.63) is 0 Å². The molecule has 1 saturated carbocycles. The zero-order valence-corrected chi connectivity index (χ0v) is 7.56. The Labute approximate surface area is 77.7 Å². The predicted octanol–water partition coefficient (Wildman–Crippen LogP) is -1.01. The monoisotopic (exact) mass is 191 g/mol. The maximum absolute atomic E-state index is 11.2. The third-order valence-electron chi connectivity index (χ3n) is 2.31. The van der Waals surface area contributed by atoms with Crippen LogP contribution in [0.5, 0.6) is 0 Å². The molecule has 2 unspecified atom stereocenters. The quantitative estimate of drug-likeness (QED) is 0.524. The molecular weight excluding hydrogens is 178 g/mol. The van der Waals surface area contributed by atoms with E-state index in [0.717, 1.165) is 19.4 Å². The highest BCUT2D eigenvalue weighted by Crippen LogP contribution is 2.18. The number of nitrogens with two attached hydrogens (primary N) is 1. The highest BCUT2D eigenvalue weighted by Gasteiger charge is 2.37. The molecule has 0 bridgehead atoms. The van der Waals surface area contributed by atoms with Gasteiger partial charge in [-0.3, -0.25) is 4.79 Å². The fraction of sp³-hybridized carbons (Fsp3) is 0.857. The van der Waals surface area contributed by atoms with Crippen molar-refractivity contribution in [2.45, 2.75) is 31.0 Å². The predicted molar refractivity (Wildman–Crippen MR) is 48.2 cm³/mol. The molecule has 0 radical (unpaired) electrons. The van der Waals surface area contributed by atoms with Gasteiger partial charge in [-0.1, -0.05) is 0 Å². The zero-order valence-electron chi connectivity index (χ0n) is 6.75. The van der Waals surface area contributed by atoms with Crippen LogP contribution in [-0.2, 0) is 4.79 Å². The number of rotatable bonds is 2. The van der Waals surface area contributed by atoms with E-state index < -0.39 is 0 Å². The van der Waals surface area contributed by atoms with E-state index in [1.165, 1.54) is 0 Å². The first-order valence-corrected chi connectivity index (χ1v) is 4.07. The van der Waals surface area contributed by atoms with E-state index >= 15 is 0 Å². The lowest BCUT2D eigenvalue weighted by molar-refractivity contribution is -0.124. The molecule has 0 aromatic carbocycles. The smallest absolute Gasteiger partial charge is 0.237 e. The van der Waals surface area contributed by atoms with E-state index in [-0.39, 0.29) is 36.4 Å². The molecule has 2 fully saturated rings. The van der Waals surface area contributed by atoms with Gasteiger partial charge in [-0.15, -0.1) is 12.4 Å². The molecule has 5 heteroatoms. The average Bonchev–Trinajstić information content (AvgIpc) is 2.40. The van der Waals surface area contributed by atoms with E-state index in [0.29, 0.717) is 0 Å². The number of nitrogens with one attached hydrogen (secondary N) is 2. The molecule has 0 spiro atoms. The van der Waals surface area contributed by atoms with Crippen molar-refractivity contribution in [2.24, 2.45) is 5.73 Å². The standard InChI is InChI=1S/C7H13N3O.ClH/c8-4-3-6(4)10-7(11)5-1-2-9-5;/h4-6,9H,1-3,8H2,(H,10,11);1H/t4?,5-,6?;/m1./s1. The van der Waals surface area contributed by atoms with Gasteiger partial charge in [0, 0.05) is 12.1 Å². The summed E-state index contributed by atoms with van der Waals surface area (Å²) < 4.78 is 0. The van der Waals surface area contributed by atoms with Gasteiger partial charge in [0.15, 0.2) is 0 Å². The SMILES string of the molecule is Cl.NC1CC1NC(=O)[C@H]1CCN1. The average molecular weight is 192 g/mol. The van der Waals surface area contributed by atoms with Crippen LogP contribution in [0.2, 0.25) is 0 Å². The normalized spacial score (nSPS) is 37.6. The molecule has 1 amide bonds. The molecule has 2 aliphatic rings. The number of halogens is 1. The van der Waals surface area contributed by atoms with Crippen LogP contribution in [0.1, 0.15) is 12.8 Å². The van der Waals surface area contributed by atoms with Crippen LogP contribution in [-0.4, -0.2) is 30.6 Å². The number of hydrogen-bond acceptors (Lipinski definition) is 3. The van der Waals surface area contributed by atoms with Gasteiger partial charge in [-0.05, 0) is 19.4 Å². The van der Waals surface area contributed by atoms with Gasteiger partial charge < -0.3 is 16.4 Å². The molecule has 2 rings (SSSR count). The van der Waals surface area contributed by atoms with Crippen molar-refractivity contribution in [1.29, 1.82) is 0 Å². The molecule has 1 aliphatic carbocycles. The van der Waals surface area contributed by atoms with Gasteiger partial charge in [0.2, 0.25) is 5.91 Å². The number of amides is 1. The van der Waals surface area contributed by atoms with Crippen molar-refractivity contribution in [3.8, 4) is 0 Å². The Morgan fingerprint density at radius 1 is 1.58 bits per heavy atom. The maximum atomic E-state index is 11.2. The van der Waals surface area contributed by atoms with Gasteiger partial charge >= 0.3 is 0 Å². The summed E-state index contributed by atoms with van der Waals surface area (Å²) in [5.74, 6) is 0.120. The number of hydrogen-bond donors (Lipinski definition) is 3. The summed E-state index contributed by atoms with van der Waals surface area (Å²) in [7, 11) is 0. The largest absolute Gasteiger partial charge is 0.350 e. The van der Waals surface area contributed by atoms with Gasteiger partial charge in [0.25, 0.3) is 0 Å². The highest BCUT2D eigenvalue weighted by molar-refractivity contribution is 5.85. The zero-order chi connectivity index (χ0) is 7.84. The topological polar surface area (TPSA) is 67.1 Å².